The van der Waals surface area contributed by atoms with E-state index in [1.165, 1.54) is 44.6 Å². The fourth-order valence-electron chi connectivity index (χ4n) is 6.09. The molecule has 0 aliphatic heterocycles. The van der Waals surface area contributed by atoms with E-state index in [0.717, 1.165) is 6.42 Å². The molecule has 1 heteroatoms. The molecule has 0 fully saturated rings. The topological polar surface area (TPSA) is 12.0 Å². The maximum atomic E-state index is 3.83. The smallest absolute Gasteiger partial charge is 0.0485 e. The SMILES string of the molecule is CC1(C)C2=C(C=CC(Nc3ccc4c(c3)C(C)(C)c3ccccc3-4)C2)c2ccccc21. The summed E-state index contributed by atoms with van der Waals surface area (Å²) in [4.78, 5) is 0. The molecule has 0 heterocycles. The lowest BCUT2D eigenvalue weighted by Gasteiger charge is -2.30. The van der Waals surface area contributed by atoms with Crippen molar-refractivity contribution in [2.24, 2.45) is 0 Å². The summed E-state index contributed by atoms with van der Waals surface area (Å²) in [5.41, 5.74) is 12.8. The third kappa shape index (κ3) is 2.56. The zero-order valence-corrected chi connectivity index (χ0v) is 18.8. The summed E-state index contributed by atoms with van der Waals surface area (Å²) in [7, 11) is 0. The van der Waals surface area contributed by atoms with E-state index < -0.39 is 0 Å². The van der Waals surface area contributed by atoms with Crippen LogP contribution in [0.5, 0.6) is 0 Å². The van der Waals surface area contributed by atoms with Crippen LogP contribution in [0.25, 0.3) is 16.7 Å². The number of hydrogen-bond donors (Lipinski definition) is 1. The minimum atomic E-state index is 0.0385. The average molecular weight is 404 g/mol. The average Bonchev–Trinajstić information content (AvgIpc) is 3.14. The van der Waals surface area contributed by atoms with Crippen LogP contribution >= 0.6 is 0 Å². The molecule has 6 rings (SSSR count). The minimum Gasteiger partial charge on any atom is -0.379 e. The molecule has 154 valence electrons. The number of fused-ring (bicyclic) bond motifs is 5. The Balaban J connectivity index is 1.30. The normalized spacial score (nSPS) is 21.4. The van der Waals surface area contributed by atoms with Crippen LogP contribution in [0.2, 0.25) is 0 Å². The van der Waals surface area contributed by atoms with Gasteiger partial charge in [-0.15, -0.1) is 0 Å². The highest BCUT2D eigenvalue weighted by molar-refractivity contribution is 5.87. The van der Waals surface area contributed by atoms with Gasteiger partial charge >= 0.3 is 0 Å². The highest BCUT2D eigenvalue weighted by atomic mass is 14.9. The molecule has 1 N–H and O–H groups in total. The lowest BCUT2D eigenvalue weighted by Crippen LogP contribution is -2.26. The van der Waals surface area contributed by atoms with Crippen LogP contribution in [0.15, 0.2) is 84.5 Å². The van der Waals surface area contributed by atoms with E-state index in [4.69, 9.17) is 0 Å². The number of hydrogen-bond acceptors (Lipinski definition) is 1. The first-order valence-corrected chi connectivity index (χ1v) is 11.4. The van der Waals surface area contributed by atoms with Crippen LogP contribution < -0.4 is 5.32 Å². The van der Waals surface area contributed by atoms with Crippen molar-refractivity contribution in [3.8, 4) is 11.1 Å². The second kappa shape index (κ2) is 6.23. The highest BCUT2D eigenvalue weighted by Gasteiger charge is 2.39. The first-order chi connectivity index (χ1) is 14.9. The molecule has 1 unspecified atom stereocenters. The summed E-state index contributed by atoms with van der Waals surface area (Å²) < 4.78 is 0. The molecule has 1 nitrogen and oxygen atoms in total. The van der Waals surface area contributed by atoms with Gasteiger partial charge in [0.05, 0.1) is 0 Å². The van der Waals surface area contributed by atoms with Crippen molar-refractivity contribution in [2.75, 3.05) is 5.32 Å². The van der Waals surface area contributed by atoms with Gasteiger partial charge in [0, 0.05) is 22.6 Å². The summed E-state index contributed by atoms with van der Waals surface area (Å²) in [6.45, 7) is 9.44. The van der Waals surface area contributed by atoms with E-state index in [2.05, 4.69) is 112 Å². The van der Waals surface area contributed by atoms with E-state index in [-0.39, 0.29) is 10.8 Å². The third-order valence-corrected chi connectivity index (χ3v) is 7.82. The van der Waals surface area contributed by atoms with Gasteiger partial charge in [0.15, 0.2) is 0 Å². The Morgan fingerprint density at radius 3 is 2.13 bits per heavy atom. The van der Waals surface area contributed by atoms with E-state index in [1.54, 1.807) is 5.57 Å². The molecule has 3 aliphatic rings. The zero-order chi connectivity index (χ0) is 21.4. The Morgan fingerprint density at radius 1 is 0.710 bits per heavy atom. The van der Waals surface area contributed by atoms with E-state index >= 15 is 0 Å². The Labute approximate surface area is 185 Å². The molecule has 31 heavy (non-hydrogen) atoms. The number of allylic oxidation sites excluding steroid dienone is 2. The fourth-order valence-corrected chi connectivity index (χ4v) is 6.09. The lowest BCUT2D eigenvalue weighted by atomic mass is 9.77. The minimum absolute atomic E-state index is 0.0385. The Hall–Kier alpha value is -3.06. The summed E-state index contributed by atoms with van der Waals surface area (Å²) in [5, 5.41) is 3.83. The number of anilines is 1. The van der Waals surface area contributed by atoms with Gasteiger partial charge in [0.1, 0.15) is 0 Å². The van der Waals surface area contributed by atoms with Crippen molar-refractivity contribution in [1.82, 2.24) is 0 Å². The van der Waals surface area contributed by atoms with Gasteiger partial charge < -0.3 is 5.32 Å². The number of benzene rings is 3. The Morgan fingerprint density at radius 2 is 1.35 bits per heavy atom. The summed E-state index contributed by atoms with van der Waals surface area (Å²) in [5.74, 6) is 0. The van der Waals surface area contributed by atoms with Crippen LogP contribution in [-0.4, -0.2) is 6.04 Å². The molecular formula is C30H29N. The Bertz CT molecular complexity index is 1290. The monoisotopic (exact) mass is 403 g/mol. The van der Waals surface area contributed by atoms with E-state index in [9.17, 15) is 0 Å². The first-order valence-electron chi connectivity index (χ1n) is 11.4. The quantitative estimate of drug-likeness (QED) is 0.468. The van der Waals surface area contributed by atoms with Crippen LogP contribution in [0.4, 0.5) is 5.69 Å². The van der Waals surface area contributed by atoms with Gasteiger partial charge in [-0.3, -0.25) is 0 Å². The second-order valence-corrected chi connectivity index (χ2v) is 10.3. The fraction of sp³-hybridized carbons (Fsp3) is 0.267. The van der Waals surface area contributed by atoms with Crippen LogP contribution in [0.1, 0.15) is 56.4 Å². The first kappa shape index (κ1) is 18.7. The van der Waals surface area contributed by atoms with Gasteiger partial charge in [0.25, 0.3) is 0 Å². The van der Waals surface area contributed by atoms with Crippen molar-refractivity contribution < 1.29 is 0 Å². The molecular weight excluding hydrogens is 374 g/mol. The molecule has 0 saturated heterocycles. The molecule has 3 aromatic carbocycles. The number of nitrogens with one attached hydrogen (secondary N) is 1. The van der Waals surface area contributed by atoms with Crippen molar-refractivity contribution in [2.45, 2.75) is 51.0 Å². The van der Waals surface area contributed by atoms with E-state index in [1.807, 2.05) is 0 Å². The molecule has 0 spiro atoms. The second-order valence-electron chi connectivity index (χ2n) is 10.3. The van der Waals surface area contributed by atoms with Gasteiger partial charge in [0.2, 0.25) is 0 Å². The molecule has 1 atom stereocenters. The molecule has 0 aromatic heterocycles. The zero-order valence-electron chi connectivity index (χ0n) is 18.8. The molecule has 0 amide bonds. The van der Waals surface area contributed by atoms with Gasteiger partial charge in [-0.2, -0.15) is 0 Å². The standard InChI is InChI=1S/C30H29N/c1-29(2)25-11-7-5-9-21(25)23-15-13-19(17-27(23)29)31-20-14-16-24-22-10-6-8-12-26(22)30(3,4)28(24)18-20/h5-17,20,31H,18H2,1-4H3. The highest BCUT2D eigenvalue weighted by Crippen LogP contribution is 2.51. The predicted molar refractivity (Wildman–Crippen MR) is 132 cm³/mol. The summed E-state index contributed by atoms with van der Waals surface area (Å²) in [6, 6.07) is 25.0. The maximum absolute atomic E-state index is 3.83. The lowest BCUT2D eigenvalue weighted by molar-refractivity contribution is 0.596. The van der Waals surface area contributed by atoms with Crippen LogP contribution in [0, 0.1) is 0 Å². The largest absolute Gasteiger partial charge is 0.379 e. The summed E-state index contributed by atoms with van der Waals surface area (Å²) in [6.07, 6.45) is 5.75. The van der Waals surface area contributed by atoms with Crippen molar-refractivity contribution in [1.29, 1.82) is 0 Å². The van der Waals surface area contributed by atoms with Gasteiger partial charge in [-0.1, -0.05) is 94.4 Å². The molecule has 0 bridgehead atoms. The molecule has 3 aromatic rings. The van der Waals surface area contributed by atoms with E-state index in [0.29, 0.717) is 6.04 Å². The van der Waals surface area contributed by atoms with Crippen molar-refractivity contribution >= 4 is 11.3 Å². The molecule has 3 aliphatic carbocycles. The maximum Gasteiger partial charge on any atom is 0.0485 e. The molecule has 0 saturated carbocycles. The van der Waals surface area contributed by atoms with Crippen LogP contribution in [-0.2, 0) is 10.8 Å². The van der Waals surface area contributed by atoms with Gasteiger partial charge in [-0.25, -0.2) is 0 Å². The molecule has 0 radical (unpaired) electrons. The number of rotatable bonds is 2. The van der Waals surface area contributed by atoms with Crippen molar-refractivity contribution in [3.63, 3.8) is 0 Å². The van der Waals surface area contributed by atoms with Crippen LogP contribution in [0.3, 0.4) is 0 Å². The third-order valence-electron chi connectivity index (χ3n) is 7.82. The van der Waals surface area contributed by atoms with Gasteiger partial charge in [-0.05, 0) is 63.1 Å². The summed E-state index contributed by atoms with van der Waals surface area (Å²) >= 11 is 0. The predicted octanol–water partition coefficient (Wildman–Crippen LogP) is 7.48. The Kier molecular flexibility index (Phi) is 3.76. The van der Waals surface area contributed by atoms with Crippen molar-refractivity contribution in [3.05, 3.63) is 107 Å².